The summed E-state index contributed by atoms with van der Waals surface area (Å²) in [6, 6.07) is 16.2. The van der Waals surface area contributed by atoms with Crippen molar-refractivity contribution in [1.29, 1.82) is 5.26 Å². The van der Waals surface area contributed by atoms with Crippen LogP contribution >= 0.6 is 11.6 Å². The molecule has 0 saturated carbocycles. The lowest BCUT2D eigenvalue weighted by molar-refractivity contribution is -0.123. The first-order chi connectivity index (χ1) is 12.0. The largest absolute Gasteiger partial charge is 0.354 e. The van der Waals surface area contributed by atoms with E-state index >= 15 is 0 Å². The van der Waals surface area contributed by atoms with Gasteiger partial charge >= 0.3 is 0 Å². The zero-order valence-electron chi connectivity index (χ0n) is 13.8. The molecule has 5 nitrogen and oxygen atoms in total. The van der Waals surface area contributed by atoms with E-state index in [9.17, 15) is 14.9 Å². The molecule has 0 aliphatic rings. The highest BCUT2D eigenvalue weighted by Crippen LogP contribution is 2.19. The second kappa shape index (κ2) is 8.86. The Morgan fingerprint density at radius 1 is 1.16 bits per heavy atom. The number of carbonyl (C=O) groups excluding carboxylic acids is 2. The topological polar surface area (TPSA) is 73.2 Å². The second-order valence-corrected chi connectivity index (χ2v) is 5.90. The number of rotatable bonds is 6. The van der Waals surface area contributed by atoms with Crippen molar-refractivity contribution in [3.63, 3.8) is 0 Å². The lowest BCUT2D eigenvalue weighted by Crippen LogP contribution is -2.40. The number of hydrogen-bond donors (Lipinski definition) is 1. The third kappa shape index (κ3) is 5.33. The minimum absolute atomic E-state index is 0.130. The van der Waals surface area contributed by atoms with Gasteiger partial charge in [0.15, 0.2) is 0 Å². The predicted octanol–water partition coefficient (Wildman–Crippen LogP) is 2.92. The number of nitrogens with zero attached hydrogens (tertiary/aromatic N) is 2. The van der Waals surface area contributed by atoms with E-state index in [0.29, 0.717) is 29.2 Å². The maximum atomic E-state index is 12.2. The number of para-hydroxylation sites is 1. The van der Waals surface area contributed by atoms with Gasteiger partial charge in [0.25, 0.3) is 0 Å². The molecule has 0 fully saturated rings. The number of nitriles is 1. The molecule has 1 N–H and O–H groups in total. The number of anilines is 1. The van der Waals surface area contributed by atoms with Crippen molar-refractivity contribution in [2.75, 3.05) is 18.0 Å². The summed E-state index contributed by atoms with van der Waals surface area (Å²) < 4.78 is 0. The summed E-state index contributed by atoms with van der Waals surface area (Å²) in [4.78, 5) is 25.4. The molecule has 2 aromatic rings. The van der Waals surface area contributed by atoms with Crippen LogP contribution in [0.4, 0.5) is 5.69 Å². The Kier molecular flexibility index (Phi) is 6.55. The Balaban J connectivity index is 1.95. The molecule has 0 bridgehead atoms. The van der Waals surface area contributed by atoms with E-state index in [0.717, 1.165) is 5.56 Å². The number of hydrogen-bond acceptors (Lipinski definition) is 3. The van der Waals surface area contributed by atoms with Crippen LogP contribution in [-0.4, -0.2) is 24.9 Å². The van der Waals surface area contributed by atoms with Gasteiger partial charge in [-0.3, -0.25) is 9.59 Å². The van der Waals surface area contributed by atoms with Crippen molar-refractivity contribution in [2.24, 2.45) is 0 Å². The summed E-state index contributed by atoms with van der Waals surface area (Å²) in [7, 11) is 0. The molecule has 0 aliphatic heterocycles. The van der Waals surface area contributed by atoms with E-state index in [2.05, 4.69) is 5.32 Å². The minimum atomic E-state index is -0.296. The summed E-state index contributed by atoms with van der Waals surface area (Å²) in [5, 5.41) is 12.6. The molecule has 0 unspecified atom stereocenters. The molecule has 0 saturated heterocycles. The van der Waals surface area contributed by atoms with Gasteiger partial charge in [0.05, 0.1) is 11.3 Å². The first-order valence-corrected chi connectivity index (χ1v) is 8.17. The molecular formula is C19H18ClN3O2. The van der Waals surface area contributed by atoms with E-state index in [4.69, 9.17) is 11.6 Å². The van der Waals surface area contributed by atoms with Gasteiger partial charge in [-0.05, 0) is 36.2 Å². The Morgan fingerprint density at radius 3 is 2.48 bits per heavy atom. The Labute approximate surface area is 151 Å². The summed E-state index contributed by atoms with van der Waals surface area (Å²) in [5.74, 6) is -0.576. The first kappa shape index (κ1) is 18.5. The molecular weight excluding hydrogens is 338 g/mol. The molecule has 2 amide bonds. The van der Waals surface area contributed by atoms with Gasteiger partial charge in [-0.1, -0.05) is 35.9 Å². The fourth-order valence-corrected chi connectivity index (χ4v) is 2.49. The fraction of sp³-hybridized carbons (Fsp3) is 0.211. The average Bonchev–Trinajstić information content (AvgIpc) is 2.61. The van der Waals surface area contributed by atoms with Crippen LogP contribution < -0.4 is 10.2 Å². The van der Waals surface area contributed by atoms with Crippen molar-refractivity contribution in [1.82, 2.24) is 5.32 Å². The number of amides is 2. The van der Waals surface area contributed by atoms with Crippen molar-refractivity contribution >= 4 is 29.1 Å². The van der Waals surface area contributed by atoms with E-state index in [1.54, 1.807) is 36.4 Å². The predicted molar refractivity (Wildman–Crippen MR) is 97.3 cm³/mol. The second-order valence-electron chi connectivity index (χ2n) is 5.46. The zero-order chi connectivity index (χ0) is 18.2. The van der Waals surface area contributed by atoms with Gasteiger partial charge in [0, 0.05) is 18.5 Å². The fourth-order valence-electron chi connectivity index (χ4n) is 2.37. The maximum absolute atomic E-state index is 12.2. The van der Waals surface area contributed by atoms with Crippen LogP contribution in [-0.2, 0) is 16.0 Å². The lowest BCUT2D eigenvalue weighted by atomic mass is 10.1. The minimum Gasteiger partial charge on any atom is -0.354 e. The van der Waals surface area contributed by atoms with Crippen molar-refractivity contribution < 1.29 is 9.59 Å². The number of benzene rings is 2. The highest BCUT2D eigenvalue weighted by Gasteiger charge is 2.18. The molecule has 0 aliphatic carbocycles. The number of carbonyl (C=O) groups is 2. The van der Waals surface area contributed by atoms with E-state index in [1.165, 1.54) is 11.8 Å². The summed E-state index contributed by atoms with van der Waals surface area (Å²) in [6.07, 6.45) is 0.664. The van der Waals surface area contributed by atoms with E-state index < -0.39 is 0 Å². The van der Waals surface area contributed by atoms with Crippen LogP contribution in [0.3, 0.4) is 0 Å². The van der Waals surface area contributed by atoms with Crippen molar-refractivity contribution in [2.45, 2.75) is 13.3 Å². The molecule has 0 radical (unpaired) electrons. The van der Waals surface area contributed by atoms with Crippen molar-refractivity contribution in [3.05, 3.63) is 64.7 Å². The number of halogens is 1. The molecule has 128 valence electrons. The average molecular weight is 356 g/mol. The molecule has 25 heavy (non-hydrogen) atoms. The summed E-state index contributed by atoms with van der Waals surface area (Å²) >= 11 is 5.84. The van der Waals surface area contributed by atoms with Crippen LogP contribution in [0, 0.1) is 11.3 Å². The highest BCUT2D eigenvalue weighted by molar-refractivity contribution is 6.30. The van der Waals surface area contributed by atoms with Crippen LogP contribution in [0.2, 0.25) is 5.02 Å². The Hall–Kier alpha value is -2.84. The quantitative estimate of drug-likeness (QED) is 0.865. The lowest BCUT2D eigenvalue weighted by Gasteiger charge is -2.21. The third-order valence-electron chi connectivity index (χ3n) is 3.65. The summed E-state index contributed by atoms with van der Waals surface area (Å²) in [6.45, 7) is 1.69. The van der Waals surface area contributed by atoms with Gasteiger partial charge in [0.1, 0.15) is 12.6 Å². The van der Waals surface area contributed by atoms with Gasteiger partial charge in [-0.15, -0.1) is 0 Å². The maximum Gasteiger partial charge on any atom is 0.240 e. The molecule has 6 heteroatoms. The SMILES string of the molecule is CC(=O)N(CC(=O)NCCc1ccc(Cl)cc1)c1ccccc1C#N. The number of nitrogens with one attached hydrogen (secondary N) is 1. The highest BCUT2D eigenvalue weighted by atomic mass is 35.5. The van der Waals surface area contributed by atoms with Crippen LogP contribution in [0.25, 0.3) is 0 Å². The van der Waals surface area contributed by atoms with Gasteiger partial charge in [0.2, 0.25) is 11.8 Å². The summed E-state index contributed by atoms with van der Waals surface area (Å²) in [5.41, 5.74) is 1.85. The Morgan fingerprint density at radius 2 is 1.84 bits per heavy atom. The standard InChI is InChI=1S/C19H18ClN3O2/c1-14(24)23(18-5-3-2-4-16(18)12-21)13-19(25)22-11-10-15-6-8-17(20)9-7-15/h2-9H,10-11,13H2,1H3,(H,22,25). The molecule has 0 aromatic heterocycles. The van der Waals surface area contributed by atoms with Gasteiger partial charge in [-0.25, -0.2) is 0 Å². The van der Waals surface area contributed by atoms with E-state index in [-0.39, 0.29) is 18.4 Å². The zero-order valence-corrected chi connectivity index (χ0v) is 14.6. The van der Waals surface area contributed by atoms with Crippen LogP contribution in [0.1, 0.15) is 18.1 Å². The smallest absolute Gasteiger partial charge is 0.240 e. The molecule has 2 aromatic carbocycles. The molecule has 0 heterocycles. The van der Waals surface area contributed by atoms with Crippen molar-refractivity contribution in [3.8, 4) is 6.07 Å². The van der Waals surface area contributed by atoms with Crippen LogP contribution in [0.15, 0.2) is 48.5 Å². The molecule has 0 spiro atoms. The molecule has 0 atom stereocenters. The van der Waals surface area contributed by atoms with Gasteiger partial charge < -0.3 is 10.2 Å². The molecule has 2 rings (SSSR count). The Bertz CT molecular complexity index is 797. The normalized spacial score (nSPS) is 9.96. The van der Waals surface area contributed by atoms with Gasteiger partial charge in [-0.2, -0.15) is 5.26 Å². The third-order valence-corrected chi connectivity index (χ3v) is 3.90. The van der Waals surface area contributed by atoms with Crippen LogP contribution in [0.5, 0.6) is 0 Å². The monoisotopic (exact) mass is 355 g/mol. The van der Waals surface area contributed by atoms with E-state index in [1.807, 2.05) is 18.2 Å². The first-order valence-electron chi connectivity index (χ1n) is 7.79.